The predicted octanol–water partition coefficient (Wildman–Crippen LogP) is 20.3. The first-order valence-electron chi connectivity index (χ1n) is 26.6. The quantitative estimate of drug-likeness (QED) is 0.127. The molecule has 1 aliphatic rings. The van der Waals surface area contributed by atoms with E-state index in [0.717, 1.165) is 39.7 Å². The van der Waals surface area contributed by atoms with Crippen molar-refractivity contribution in [2.75, 3.05) is 9.80 Å². The Bertz CT molecular complexity index is 4200. The molecule has 0 heterocycles. The first kappa shape index (κ1) is 45.6. The lowest BCUT2D eigenvalue weighted by atomic mass is 9.67. The third-order valence-corrected chi connectivity index (χ3v) is 15.7. The maximum atomic E-state index is 2.47. The van der Waals surface area contributed by atoms with Gasteiger partial charge in [-0.15, -0.1) is 0 Å². The zero-order valence-corrected chi connectivity index (χ0v) is 42.4. The van der Waals surface area contributed by atoms with E-state index in [2.05, 4.69) is 325 Å². The summed E-state index contributed by atoms with van der Waals surface area (Å²) in [4.78, 5) is 4.87. The third-order valence-electron chi connectivity index (χ3n) is 15.7. The van der Waals surface area contributed by atoms with Crippen molar-refractivity contribution in [3.8, 4) is 44.5 Å². The van der Waals surface area contributed by atoms with Gasteiger partial charge < -0.3 is 9.80 Å². The molecule has 0 aromatic heterocycles. The van der Waals surface area contributed by atoms with E-state index >= 15 is 0 Å². The number of anilines is 6. The normalized spacial score (nSPS) is 12.3. The topological polar surface area (TPSA) is 6.48 Å². The van der Waals surface area contributed by atoms with Crippen LogP contribution in [0, 0.1) is 0 Å². The monoisotopic (exact) mass is 980 g/mol. The summed E-state index contributed by atoms with van der Waals surface area (Å²) in [7, 11) is 0. The molecule has 0 fully saturated rings. The van der Waals surface area contributed by atoms with Crippen LogP contribution < -0.4 is 9.80 Å². The van der Waals surface area contributed by atoms with Gasteiger partial charge in [0.1, 0.15) is 0 Å². The Hall–Kier alpha value is -10.0. The SMILES string of the molecule is c1ccc(-c2ccc(N(c3cccc(-c4ccccc4)c3)c3ccc(-c4ccc(N(c5ccc6c(c5)C(c5ccccc5)(c5ccccc5)c5ccccc5-6)c5cccc6ccccc56)cc4)c4ccccc34)cc2)cc1. The van der Waals surface area contributed by atoms with Gasteiger partial charge in [0.25, 0.3) is 0 Å². The average molecular weight is 981 g/mol. The number of hydrogen-bond donors (Lipinski definition) is 0. The highest BCUT2D eigenvalue weighted by atomic mass is 15.1. The smallest absolute Gasteiger partial charge is 0.0714 e. The molecule has 0 atom stereocenters. The molecule has 0 bridgehead atoms. The molecule has 0 N–H and O–H groups in total. The minimum absolute atomic E-state index is 0.530. The van der Waals surface area contributed by atoms with E-state index < -0.39 is 5.41 Å². The van der Waals surface area contributed by atoms with Crippen LogP contribution in [0.3, 0.4) is 0 Å². The van der Waals surface area contributed by atoms with Crippen LogP contribution in [0.1, 0.15) is 22.3 Å². The van der Waals surface area contributed by atoms with Crippen LogP contribution in [-0.4, -0.2) is 0 Å². The molecule has 0 aliphatic heterocycles. The van der Waals surface area contributed by atoms with Crippen LogP contribution in [0.15, 0.2) is 315 Å². The molecule has 77 heavy (non-hydrogen) atoms. The molecule has 1 aliphatic carbocycles. The first-order valence-corrected chi connectivity index (χ1v) is 26.6. The molecule has 13 aromatic carbocycles. The van der Waals surface area contributed by atoms with Crippen LogP contribution in [0.2, 0.25) is 0 Å². The van der Waals surface area contributed by atoms with Crippen LogP contribution >= 0.6 is 0 Å². The van der Waals surface area contributed by atoms with Gasteiger partial charge >= 0.3 is 0 Å². The Morgan fingerprint density at radius 2 is 0.662 bits per heavy atom. The Morgan fingerprint density at radius 1 is 0.221 bits per heavy atom. The van der Waals surface area contributed by atoms with E-state index in [0.29, 0.717) is 0 Å². The van der Waals surface area contributed by atoms with E-state index in [1.165, 1.54) is 82.7 Å². The maximum absolute atomic E-state index is 2.47. The molecule has 2 heteroatoms. The standard InChI is InChI=1S/C75H52N2/c1-5-21-53(22-6-1)55-39-43-61(44-40-55)76(63-32-19-27-58(51-63)54-23-7-2-8-24-54)74-50-49-65(67-34-15-16-36-70(67)74)57-41-45-62(46-42-57)77(73-38-20-26-56-25-13-14-33-66(56)73)64-47-48-69-68-35-17-18-37-71(68)75(72(69)52-64,59-28-9-3-10-29-59)60-30-11-4-12-31-60/h1-52H. The van der Waals surface area contributed by atoms with E-state index in [9.17, 15) is 0 Å². The number of benzene rings is 13. The van der Waals surface area contributed by atoms with Crippen LogP contribution in [0.25, 0.3) is 66.1 Å². The van der Waals surface area contributed by atoms with Gasteiger partial charge in [-0.1, -0.05) is 255 Å². The highest BCUT2D eigenvalue weighted by Gasteiger charge is 2.46. The minimum atomic E-state index is -0.530. The highest BCUT2D eigenvalue weighted by molar-refractivity contribution is 6.07. The lowest BCUT2D eigenvalue weighted by Gasteiger charge is -2.35. The van der Waals surface area contributed by atoms with Gasteiger partial charge in [-0.05, 0) is 138 Å². The summed E-state index contributed by atoms with van der Waals surface area (Å²) in [6.07, 6.45) is 0. The van der Waals surface area contributed by atoms with Crippen molar-refractivity contribution in [2.45, 2.75) is 5.41 Å². The first-order chi connectivity index (χ1) is 38.2. The second-order valence-corrected chi connectivity index (χ2v) is 20.0. The molecule has 0 amide bonds. The highest BCUT2D eigenvalue weighted by Crippen LogP contribution is 2.57. The number of rotatable bonds is 11. The second-order valence-electron chi connectivity index (χ2n) is 20.0. The van der Waals surface area contributed by atoms with Gasteiger partial charge in [0, 0.05) is 33.5 Å². The summed E-state index contributed by atoms with van der Waals surface area (Å²) in [6.45, 7) is 0. The molecule has 14 rings (SSSR count). The fourth-order valence-corrected chi connectivity index (χ4v) is 12.2. The summed E-state index contributed by atoms with van der Waals surface area (Å²) in [5.74, 6) is 0. The third kappa shape index (κ3) is 7.89. The Labute approximate surface area is 450 Å². The van der Waals surface area contributed by atoms with Crippen LogP contribution in [0.5, 0.6) is 0 Å². The lowest BCUT2D eigenvalue weighted by molar-refractivity contribution is 0.768. The van der Waals surface area contributed by atoms with Gasteiger partial charge in [-0.25, -0.2) is 0 Å². The second kappa shape index (κ2) is 19.4. The molecule has 0 radical (unpaired) electrons. The summed E-state index contributed by atoms with van der Waals surface area (Å²) < 4.78 is 0. The molecule has 0 saturated heterocycles. The molecule has 0 spiro atoms. The molecular weight excluding hydrogens is 929 g/mol. The molecule has 0 unspecified atom stereocenters. The molecule has 0 saturated carbocycles. The fourth-order valence-electron chi connectivity index (χ4n) is 12.2. The Kier molecular flexibility index (Phi) is 11.5. The van der Waals surface area contributed by atoms with Crippen molar-refractivity contribution >= 4 is 55.7 Å². The van der Waals surface area contributed by atoms with Crippen molar-refractivity contribution in [2.24, 2.45) is 0 Å². The van der Waals surface area contributed by atoms with Crippen LogP contribution in [0.4, 0.5) is 34.1 Å². The molecule has 2 nitrogen and oxygen atoms in total. The van der Waals surface area contributed by atoms with Gasteiger partial charge in [0.2, 0.25) is 0 Å². The Morgan fingerprint density at radius 3 is 1.34 bits per heavy atom. The van der Waals surface area contributed by atoms with Crippen molar-refractivity contribution < 1.29 is 0 Å². The summed E-state index contributed by atoms with van der Waals surface area (Å²) in [6, 6.07) is 116. The summed E-state index contributed by atoms with van der Waals surface area (Å²) in [5.41, 5.74) is 20.7. The number of nitrogens with zero attached hydrogens (tertiary/aromatic N) is 2. The zero-order valence-electron chi connectivity index (χ0n) is 42.4. The van der Waals surface area contributed by atoms with Crippen LogP contribution in [-0.2, 0) is 5.41 Å². The fraction of sp³-hybridized carbons (Fsp3) is 0.0133. The van der Waals surface area contributed by atoms with E-state index in [1.54, 1.807) is 0 Å². The largest absolute Gasteiger partial charge is 0.310 e. The average Bonchev–Trinajstić information content (AvgIpc) is 4.00. The number of hydrogen-bond acceptors (Lipinski definition) is 2. The van der Waals surface area contributed by atoms with Crippen molar-refractivity contribution in [1.29, 1.82) is 0 Å². The lowest BCUT2D eigenvalue weighted by Crippen LogP contribution is -2.28. The Balaban J connectivity index is 0.907. The van der Waals surface area contributed by atoms with Gasteiger partial charge in [-0.2, -0.15) is 0 Å². The molecular formula is C75H52N2. The van der Waals surface area contributed by atoms with E-state index in [4.69, 9.17) is 0 Å². The van der Waals surface area contributed by atoms with E-state index in [-0.39, 0.29) is 0 Å². The van der Waals surface area contributed by atoms with Gasteiger partial charge in [-0.3, -0.25) is 0 Å². The van der Waals surface area contributed by atoms with E-state index in [1.807, 2.05) is 0 Å². The minimum Gasteiger partial charge on any atom is -0.310 e. The summed E-state index contributed by atoms with van der Waals surface area (Å²) in [5, 5.41) is 4.74. The van der Waals surface area contributed by atoms with Crippen molar-refractivity contribution in [1.82, 2.24) is 0 Å². The van der Waals surface area contributed by atoms with Gasteiger partial charge in [0.05, 0.1) is 16.8 Å². The van der Waals surface area contributed by atoms with Crippen molar-refractivity contribution in [3.05, 3.63) is 338 Å². The van der Waals surface area contributed by atoms with Crippen molar-refractivity contribution in [3.63, 3.8) is 0 Å². The summed E-state index contributed by atoms with van der Waals surface area (Å²) >= 11 is 0. The maximum Gasteiger partial charge on any atom is 0.0714 e. The predicted molar refractivity (Wildman–Crippen MR) is 324 cm³/mol. The van der Waals surface area contributed by atoms with Gasteiger partial charge in [0.15, 0.2) is 0 Å². The molecule has 362 valence electrons. The molecule has 13 aromatic rings. The zero-order chi connectivity index (χ0) is 51.1. The number of fused-ring (bicyclic) bond motifs is 5.